The van der Waals surface area contributed by atoms with Crippen LogP contribution in [0.1, 0.15) is 33.1 Å². The molecular formula is C13H19ClN2O2S. The van der Waals surface area contributed by atoms with E-state index in [1.807, 2.05) is 0 Å². The van der Waals surface area contributed by atoms with E-state index in [4.69, 9.17) is 17.3 Å². The van der Waals surface area contributed by atoms with Crippen LogP contribution in [-0.4, -0.2) is 14.5 Å². The van der Waals surface area contributed by atoms with E-state index in [0.717, 1.165) is 19.3 Å². The zero-order valence-electron chi connectivity index (χ0n) is 11.1. The number of benzene rings is 1. The fourth-order valence-electron chi connectivity index (χ4n) is 2.48. The number of hydrogen-bond donors (Lipinski definition) is 2. The maximum Gasteiger partial charge on any atom is 0.240 e. The molecule has 1 unspecified atom stereocenters. The summed E-state index contributed by atoms with van der Waals surface area (Å²) >= 11 is 5.88. The molecule has 6 heteroatoms. The van der Waals surface area contributed by atoms with Crippen LogP contribution in [-0.2, 0) is 10.0 Å². The first-order valence-electron chi connectivity index (χ1n) is 6.30. The van der Waals surface area contributed by atoms with Gasteiger partial charge < -0.3 is 5.73 Å². The quantitative estimate of drug-likeness (QED) is 0.843. The van der Waals surface area contributed by atoms with Crippen LogP contribution >= 0.6 is 11.6 Å². The number of hydrogen-bond acceptors (Lipinski definition) is 3. The van der Waals surface area contributed by atoms with E-state index < -0.39 is 10.0 Å². The van der Waals surface area contributed by atoms with Crippen molar-refractivity contribution in [3.8, 4) is 0 Å². The first-order chi connectivity index (χ1) is 8.72. The third-order valence-electron chi connectivity index (χ3n) is 3.84. The molecule has 19 heavy (non-hydrogen) atoms. The molecule has 1 fully saturated rings. The molecule has 1 aromatic rings. The lowest BCUT2D eigenvalue weighted by atomic mass is 9.88. The van der Waals surface area contributed by atoms with Gasteiger partial charge in [-0.2, -0.15) is 0 Å². The summed E-state index contributed by atoms with van der Waals surface area (Å²) in [6.45, 7) is 4.17. The zero-order chi connectivity index (χ0) is 14.3. The Hall–Kier alpha value is -0.780. The number of rotatable bonds is 3. The third kappa shape index (κ3) is 3.04. The number of nitrogens with one attached hydrogen (secondary N) is 1. The van der Waals surface area contributed by atoms with Gasteiger partial charge >= 0.3 is 0 Å². The molecule has 0 amide bonds. The van der Waals surface area contributed by atoms with Crippen molar-refractivity contribution in [2.24, 2.45) is 5.41 Å². The molecule has 3 N–H and O–H groups in total. The van der Waals surface area contributed by atoms with Gasteiger partial charge in [0.25, 0.3) is 0 Å². The summed E-state index contributed by atoms with van der Waals surface area (Å²) in [4.78, 5) is 0.161. The van der Waals surface area contributed by atoms with Crippen molar-refractivity contribution in [1.29, 1.82) is 0 Å². The van der Waals surface area contributed by atoms with Crippen molar-refractivity contribution in [2.75, 3.05) is 5.73 Å². The van der Waals surface area contributed by atoms with Crippen molar-refractivity contribution in [3.63, 3.8) is 0 Å². The minimum Gasteiger partial charge on any atom is -0.398 e. The standard InChI is InChI=1S/C13H19ClN2O2S/c1-13(2)7-3-4-12(13)16-19(17,18)9-5-6-11(15)10(14)8-9/h5-6,8,12,16H,3-4,7,15H2,1-2H3. The summed E-state index contributed by atoms with van der Waals surface area (Å²) in [5, 5.41) is 0.258. The van der Waals surface area contributed by atoms with Crippen molar-refractivity contribution >= 4 is 27.3 Å². The van der Waals surface area contributed by atoms with E-state index >= 15 is 0 Å². The zero-order valence-corrected chi connectivity index (χ0v) is 12.7. The Kier molecular flexibility index (Phi) is 3.82. The summed E-state index contributed by atoms with van der Waals surface area (Å²) in [5.41, 5.74) is 5.96. The van der Waals surface area contributed by atoms with Gasteiger partial charge in [0.15, 0.2) is 0 Å². The molecule has 1 saturated carbocycles. The summed E-state index contributed by atoms with van der Waals surface area (Å²) in [6.07, 6.45) is 2.94. The van der Waals surface area contributed by atoms with Gasteiger partial charge in [0.05, 0.1) is 15.6 Å². The van der Waals surface area contributed by atoms with E-state index in [2.05, 4.69) is 18.6 Å². The fourth-order valence-corrected chi connectivity index (χ4v) is 4.19. The highest BCUT2D eigenvalue weighted by Gasteiger charge is 2.37. The molecule has 0 aliphatic heterocycles. The number of nitrogen functional groups attached to an aromatic ring is 1. The van der Waals surface area contributed by atoms with Gasteiger partial charge in [0.1, 0.15) is 0 Å². The Bertz CT molecular complexity index is 584. The van der Waals surface area contributed by atoms with Crippen molar-refractivity contribution in [2.45, 2.75) is 44.0 Å². The van der Waals surface area contributed by atoms with Gasteiger partial charge in [-0.1, -0.05) is 31.9 Å². The molecule has 0 saturated heterocycles. The average Bonchev–Trinajstić information content (AvgIpc) is 2.61. The smallest absolute Gasteiger partial charge is 0.240 e. The number of anilines is 1. The molecule has 1 aliphatic carbocycles. The molecule has 0 bridgehead atoms. The molecule has 1 aromatic carbocycles. The van der Waals surface area contributed by atoms with Crippen LogP contribution in [0.5, 0.6) is 0 Å². The normalized spacial score (nSPS) is 22.6. The lowest BCUT2D eigenvalue weighted by Gasteiger charge is -2.27. The summed E-state index contributed by atoms with van der Waals surface area (Å²) in [5.74, 6) is 0. The SMILES string of the molecule is CC1(C)CCCC1NS(=O)(=O)c1ccc(N)c(Cl)c1. The highest BCUT2D eigenvalue weighted by Crippen LogP contribution is 2.38. The van der Waals surface area contributed by atoms with Crippen LogP contribution in [0.3, 0.4) is 0 Å². The maximum absolute atomic E-state index is 12.3. The van der Waals surface area contributed by atoms with Crippen LogP contribution in [0.25, 0.3) is 0 Å². The lowest BCUT2D eigenvalue weighted by molar-refractivity contribution is 0.313. The van der Waals surface area contributed by atoms with Gasteiger partial charge in [-0.15, -0.1) is 0 Å². The Morgan fingerprint density at radius 3 is 2.63 bits per heavy atom. The molecule has 106 valence electrons. The van der Waals surface area contributed by atoms with Crippen molar-refractivity contribution < 1.29 is 8.42 Å². The lowest BCUT2D eigenvalue weighted by Crippen LogP contribution is -2.41. The minimum absolute atomic E-state index is 0.00925. The largest absolute Gasteiger partial charge is 0.398 e. The van der Waals surface area contributed by atoms with Gasteiger partial charge in [0, 0.05) is 6.04 Å². The second kappa shape index (κ2) is 4.96. The fraction of sp³-hybridized carbons (Fsp3) is 0.538. The second-order valence-electron chi connectivity index (χ2n) is 5.74. The van der Waals surface area contributed by atoms with Gasteiger partial charge in [-0.05, 0) is 36.5 Å². The molecule has 2 rings (SSSR count). The van der Waals surface area contributed by atoms with E-state index in [9.17, 15) is 8.42 Å². The van der Waals surface area contributed by atoms with Crippen LogP contribution < -0.4 is 10.5 Å². The van der Waals surface area contributed by atoms with E-state index in [0.29, 0.717) is 5.69 Å². The Morgan fingerprint density at radius 1 is 1.42 bits per heavy atom. The molecule has 0 spiro atoms. The Morgan fingerprint density at radius 2 is 2.11 bits per heavy atom. The molecule has 0 aromatic heterocycles. The number of nitrogens with two attached hydrogens (primary N) is 1. The molecule has 0 radical (unpaired) electrons. The van der Waals surface area contributed by atoms with Crippen molar-refractivity contribution in [1.82, 2.24) is 4.72 Å². The number of sulfonamides is 1. The van der Waals surface area contributed by atoms with E-state index in [1.165, 1.54) is 18.2 Å². The van der Waals surface area contributed by atoms with Gasteiger partial charge in [-0.3, -0.25) is 0 Å². The van der Waals surface area contributed by atoms with Crippen LogP contribution in [0.2, 0.25) is 5.02 Å². The molecular weight excluding hydrogens is 284 g/mol. The summed E-state index contributed by atoms with van der Waals surface area (Å²) in [6, 6.07) is 4.34. The highest BCUT2D eigenvalue weighted by atomic mass is 35.5. The molecule has 1 aliphatic rings. The average molecular weight is 303 g/mol. The summed E-state index contributed by atoms with van der Waals surface area (Å²) < 4.78 is 27.4. The van der Waals surface area contributed by atoms with Crippen LogP contribution in [0, 0.1) is 5.41 Å². The minimum atomic E-state index is -3.54. The van der Waals surface area contributed by atoms with Crippen LogP contribution in [0.15, 0.2) is 23.1 Å². The molecule has 4 nitrogen and oxygen atoms in total. The predicted octanol–water partition coefficient (Wildman–Crippen LogP) is 2.78. The predicted molar refractivity (Wildman–Crippen MR) is 77.6 cm³/mol. The monoisotopic (exact) mass is 302 g/mol. The van der Waals surface area contributed by atoms with E-state index in [-0.39, 0.29) is 21.4 Å². The second-order valence-corrected chi connectivity index (χ2v) is 7.86. The highest BCUT2D eigenvalue weighted by molar-refractivity contribution is 7.89. The third-order valence-corrected chi connectivity index (χ3v) is 5.63. The topological polar surface area (TPSA) is 72.2 Å². The maximum atomic E-state index is 12.3. The Labute approximate surface area is 119 Å². The van der Waals surface area contributed by atoms with Gasteiger partial charge in [-0.25, -0.2) is 13.1 Å². The van der Waals surface area contributed by atoms with Gasteiger partial charge in [0.2, 0.25) is 10.0 Å². The van der Waals surface area contributed by atoms with E-state index in [1.54, 1.807) is 0 Å². The number of halogens is 1. The molecule has 1 atom stereocenters. The summed E-state index contributed by atoms with van der Waals surface area (Å²) in [7, 11) is -3.54. The molecule has 0 heterocycles. The van der Waals surface area contributed by atoms with Crippen molar-refractivity contribution in [3.05, 3.63) is 23.2 Å². The first kappa shape index (κ1) is 14.6. The first-order valence-corrected chi connectivity index (χ1v) is 8.16. The Balaban J connectivity index is 2.25. The van der Waals surface area contributed by atoms with Crippen LogP contribution in [0.4, 0.5) is 5.69 Å².